The van der Waals surface area contributed by atoms with Crippen LogP contribution >= 0.6 is 0 Å². The Hall–Kier alpha value is -2.80. The maximum atomic E-state index is 13.1. The van der Waals surface area contributed by atoms with Gasteiger partial charge in [-0.1, -0.05) is 6.07 Å². The van der Waals surface area contributed by atoms with Crippen LogP contribution in [-0.2, 0) is 6.54 Å². The molecule has 3 N–H and O–H groups in total. The van der Waals surface area contributed by atoms with Crippen molar-refractivity contribution in [2.24, 2.45) is 5.73 Å². The van der Waals surface area contributed by atoms with Gasteiger partial charge in [0.15, 0.2) is 0 Å². The van der Waals surface area contributed by atoms with Crippen LogP contribution in [-0.4, -0.2) is 35.8 Å². The number of nitrogens with one attached hydrogen (secondary N) is 1. The molecular weight excluding hydrogens is 299 g/mol. The van der Waals surface area contributed by atoms with Crippen molar-refractivity contribution in [2.45, 2.75) is 6.54 Å². The number of primary amides is 1. The van der Waals surface area contributed by atoms with Crippen molar-refractivity contribution in [3.63, 3.8) is 0 Å². The molecule has 1 aromatic carbocycles. The summed E-state index contributed by atoms with van der Waals surface area (Å²) in [5.74, 6) is -1.82. The minimum Gasteiger partial charge on any atom is -0.366 e. The molecule has 0 aliphatic rings. The molecule has 7 heteroatoms. The molecule has 1 heterocycles. The molecular formula is C16H17FN4O2. The Kier molecular flexibility index (Phi) is 5.02. The molecule has 0 saturated heterocycles. The van der Waals surface area contributed by atoms with Gasteiger partial charge in [0.25, 0.3) is 5.91 Å². The van der Waals surface area contributed by atoms with Crippen molar-refractivity contribution in [3.8, 4) is 0 Å². The molecule has 1 aromatic heterocycles. The highest BCUT2D eigenvalue weighted by Gasteiger charge is 2.13. The summed E-state index contributed by atoms with van der Waals surface area (Å²) in [4.78, 5) is 28.9. The first-order valence-electron chi connectivity index (χ1n) is 6.87. The first kappa shape index (κ1) is 16.6. The number of hydrogen-bond acceptors (Lipinski definition) is 4. The lowest BCUT2D eigenvalue weighted by molar-refractivity contribution is 0.0996. The molecule has 0 saturated carbocycles. The maximum Gasteiger partial charge on any atom is 0.255 e. The third-order valence-corrected chi connectivity index (χ3v) is 3.12. The Bertz CT molecular complexity index is 747. The lowest BCUT2D eigenvalue weighted by atomic mass is 10.1. The van der Waals surface area contributed by atoms with Gasteiger partial charge in [-0.25, -0.2) is 4.98 Å². The number of halogens is 1. The Morgan fingerprint density at radius 1 is 1.22 bits per heavy atom. The van der Waals surface area contributed by atoms with E-state index < -0.39 is 17.8 Å². The lowest BCUT2D eigenvalue weighted by Gasteiger charge is -2.16. The number of nitrogens with two attached hydrogens (primary N) is 1. The molecule has 2 aromatic rings. The van der Waals surface area contributed by atoms with E-state index in [-0.39, 0.29) is 11.1 Å². The standard InChI is InChI=1S/C16H17FN4O2/c1-21(2)9-12-4-3-10(15(18)22)7-13(12)20-16(23)11-5-6-19-14(17)8-11/h3-8H,9H2,1-2H3,(H2,18,22)(H,20,23). The molecule has 6 nitrogen and oxygen atoms in total. The fourth-order valence-corrected chi connectivity index (χ4v) is 2.06. The van der Waals surface area contributed by atoms with E-state index in [2.05, 4.69) is 10.3 Å². The van der Waals surface area contributed by atoms with Gasteiger partial charge in [-0.2, -0.15) is 4.39 Å². The molecule has 23 heavy (non-hydrogen) atoms. The zero-order chi connectivity index (χ0) is 17.0. The van der Waals surface area contributed by atoms with Crippen molar-refractivity contribution in [2.75, 3.05) is 19.4 Å². The van der Waals surface area contributed by atoms with Crippen molar-refractivity contribution >= 4 is 17.5 Å². The van der Waals surface area contributed by atoms with Crippen LogP contribution in [0.25, 0.3) is 0 Å². The van der Waals surface area contributed by atoms with Gasteiger partial charge in [-0.15, -0.1) is 0 Å². The van der Waals surface area contributed by atoms with Crippen molar-refractivity contribution in [3.05, 3.63) is 59.2 Å². The normalized spacial score (nSPS) is 10.6. The smallest absolute Gasteiger partial charge is 0.255 e. The summed E-state index contributed by atoms with van der Waals surface area (Å²) in [5.41, 5.74) is 6.96. The van der Waals surface area contributed by atoms with Gasteiger partial charge in [0.05, 0.1) is 0 Å². The molecule has 2 amide bonds. The Labute approximate surface area is 133 Å². The van der Waals surface area contributed by atoms with Gasteiger partial charge in [-0.05, 0) is 37.9 Å². The van der Waals surface area contributed by atoms with Gasteiger partial charge < -0.3 is 16.0 Å². The molecule has 0 radical (unpaired) electrons. The number of hydrogen-bond donors (Lipinski definition) is 2. The van der Waals surface area contributed by atoms with Gasteiger partial charge in [0, 0.05) is 35.6 Å². The zero-order valence-electron chi connectivity index (χ0n) is 12.8. The fraction of sp³-hybridized carbons (Fsp3) is 0.188. The van der Waals surface area contributed by atoms with E-state index in [0.717, 1.165) is 11.6 Å². The second kappa shape index (κ2) is 6.97. The van der Waals surface area contributed by atoms with E-state index in [0.29, 0.717) is 12.2 Å². The molecule has 0 atom stereocenters. The molecule has 120 valence electrons. The Morgan fingerprint density at radius 2 is 1.96 bits per heavy atom. The second-order valence-electron chi connectivity index (χ2n) is 5.30. The fourth-order valence-electron chi connectivity index (χ4n) is 2.06. The topological polar surface area (TPSA) is 88.3 Å². The summed E-state index contributed by atoms with van der Waals surface area (Å²) < 4.78 is 13.1. The highest BCUT2D eigenvalue weighted by atomic mass is 19.1. The SMILES string of the molecule is CN(C)Cc1ccc(C(N)=O)cc1NC(=O)c1ccnc(F)c1. The molecule has 0 spiro atoms. The summed E-state index contributed by atoms with van der Waals surface area (Å²) in [6, 6.07) is 7.28. The molecule has 0 aliphatic heterocycles. The first-order valence-corrected chi connectivity index (χ1v) is 6.87. The molecule has 0 unspecified atom stereocenters. The van der Waals surface area contributed by atoms with Crippen LogP contribution in [0, 0.1) is 5.95 Å². The summed E-state index contributed by atoms with van der Waals surface area (Å²) >= 11 is 0. The van der Waals surface area contributed by atoms with Crippen LogP contribution < -0.4 is 11.1 Å². The highest BCUT2D eigenvalue weighted by Crippen LogP contribution is 2.20. The minimum atomic E-state index is -0.739. The van der Waals surface area contributed by atoms with Crippen LogP contribution in [0.5, 0.6) is 0 Å². The predicted molar refractivity (Wildman–Crippen MR) is 84.5 cm³/mol. The lowest BCUT2D eigenvalue weighted by Crippen LogP contribution is -2.18. The quantitative estimate of drug-likeness (QED) is 0.821. The molecule has 0 aliphatic carbocycles. The average Bonchev–Trinajstić information content (AvgIpc) is 2.48. The third kappa shape index (κ3) is 4.33. The van der Waals surface area contributed by atoms with Gasteiger partial charge >= 0.3 is 0 Å². The number of pyridine rings is 1. The van der Waals surface area contributed by atoms with E-state index in [1.54, 1.807) is 12.1 Å². The zero-order valence-corrected chi connectivity index (χ0v) is 12.8. The third-order valence-electron chi connectivity index (χ3n) is 3.12. The van der Waals surface area contributed by atoms with E-state index >= 15 is 0 Å². The van der Waals surface area contributed by atoms with Gasteiger partial charge in [-0.3, -0.25) is 9.59 Å². The minimum absolute atomic E-state index is 0.137. The van der Waals surface area contributed by atoms with E-state index in [9.17, 15) is 14.0 Å². The Morgan fingerprint density at radius 3 is 2.57 bits per heavy atom. The van der Waals surface area contributed by atoms with E-state index in [1.807, 2.05) is 19.0 Å². The average molecular weight is 316 g/mol. The molecule has 0 bridgehead atoms. The largest absolute Gasteiger partial charge is 0.366 e. The summed E-state index contributed by atoms with van der Waals surface area (Å²) in [7, 11) is 3.76. The highest BCUT2D eigenvalue weighted by molar-refractivity contribution is 6.05. The van der Waals surface area contributed by atoms with Crippen LogP contribution in [0.4, 0.5) is 10.1 Å². The monoisotopic (exact) mass is 316 g/mol. The predicted octanol–water partition coefficient (Wildman–Crippen LogP) is 1.63. The van der Waals surface area contributed by atoms with Crippen LogP contribution in [0.1, 0.15) is 26.3 Å². The van der Waals surface area contributed by atoms with Crippen LogP contribution in [0.2, 0.25) is 0 Å². The maximum absolute atomic E-state index is 13.1. The van der Waals surface area contributed by atoms with Crippen LogP contribution in [0.3, 0.4) is 0 Å². The van der Waals surface area contributed by atoms with Gasteiger partial charge in [0.2, 0.25) is 11.9 Å². The van der Waals surface area contributed by atoms with Gasteiger partial charge in [0.1, 0.15) is 0 Å². The van der Waals surface area contributed by atoms with Crippen molar-refractivity contribution in [1.82, 2.24) is 9.88 Å². The molecule has 2 rings (SSSR count). The summed E-state index contributed by atoms with van der Waals surface area (Å²) in [6.07, 6.45) is 1.21. The second-order valence-corrected chi connectivity index (χ2v) is 5.30. The van der Waals surface area contributed by atoms with E-state index in [4.69, 9.17) is 5.73 Å². The van der Waals surface area contributed by atoms with Crippen molar-refractivity contribution < 1.29 is 14.0 Å². The number of rotatable bonds is 5. The summed E-state index contributed by atoms with van der Waals surface area (Å²) in [5, 5.41) is 2.69. The number of anilines is 1. The molecule has 0 fully saturated rings. The number of aromatic nitrogens is 1. The Balaban J connectivity index is 2.33. The number of nitrogens with zero attached hydrogens (tertiary/aromatic N) is 2. The number of amides is 2. The number of carbonyl (C=O) groups is 2. The number of carbonyl (C=O) groups excluding carboxylic acids is 2. The summed E-state index contributed by atoms with van der Waals surface area (Å²) in [6.45, 7) is 0.555. The van der Waals surface area contributed by atoms with Crippen LogP contribution in [0.15, 0.2) is 36.5 Å². The van der Waals surface area contributed by atoms with E-state index in [1.165, 1.54) is 18.3 Å². The first-order chi connectivity index (χ1) is 10.9. The number of benzene rings is 1. The van der Waals surface area contributed by atoms with Crippen molar-refractivity contribution in [1.29, 1.82) is 0 Å².